The third-order valence-electron chi connectivity index (χ3n) is 6.02. The number of ketones is 1. The molecule has 0 aliphatic carbocycles. The highest BCUT2D eigenvalue weighted by Crippen LogP contribution is 2.24. The summed E-state index contributed by atoms with van der Waals surface area (Å²) in [6, 6.07) is 6.00. The summed E-state index contributed by atoms with van der Waals surface area (Å²) in [6.45, 7) is 4.73. The number of fused-ring (bicyclic) bond motifs is 1. The van der Waals surface area contributed by atoms with E-state index in [-0.39, 0.29) is 11.7 Å². The van der Waals surface area contributed by atoms with Gasteiger partial charge in [-0.25, -0.2) is 0 Å². The predicted octanol–water partition coefficient (Wildman–Crippen LogP) is 3.20. The normalized spacial score (nSPS) is 18.0. The molecule has 1 aromatic rings. The van der Waals surface area contributed by atoms with Gasteiger partial charge in [-0.15, -0.1) is 0 Å². The number of aryl methyl sites for hydroxylation is 1. The first-order valence-corrected chi connectivity index (χ1v) is 10.2. The molecule has 2 amide bonds. The molecular weight excluding hydrogens is 340 g/mol. The first kappa shape index (κ1) is 19.6. The topological polar surface area (TPSA) is 57.7 Å². The largest absolute Gasteiger partial charge is 0.343 e. The molecule has 0 atom stereocenters. The second kappa shape index (κ2) is 9.16. The Morgan fingerprint density at radius 2 is 1.93 bits per heavy atom. The van der Waals surface area contributed by atoms with E-state index >= 15 is 0 Å². The number of piperidine rings is 1. The van der Waals surface area contributed by atoms with E-state index in [0.717, 1.165) is 75.7 Å². The van der Waals surface area contributed by atoms with Gasteiger partial charge in [0, 0.05) is 45.1 Å². The van der Waals surface area contributed by atoms with Gasteiger partial charge in [0.2, 0.25) is 12.3 Å². The molecule has 0 aromatic heterocycles. The number of rotatable bonds is 6. The number of carbonyl (C=O) groups is 3. The van der Waals surface area contributed by atoms with Gasteiger partial charge in [-0.1, -0.05) is 12.1 Å². The molecule has 0 saturated carbocycles. The minimum absolute atomic E-state index is 0.167. The highest BCUT2D eigenvalue weighted by atomic mass is 16.2. The lowest BCUT2D eigenvalue weighted by Gasteiger charge is -2.31. The van der Waals surface area contributed by atoms with Crippen LogP contribution >= 0.6 is 0 Å². The molecule has 0 unspecified atom stereocenters. The lowest BCUT2D eigenvalue weighted by atomic mass is 9.90. The summed E-state index contributed by atoms with van der Waals surface area (Å²) in [5.41, 5.74) is 3.14. The summed E-state index contributed by atoms with van der Waals surface area (Å²) in [4.78, 5) is 38.8. The van der Waals surface area contributed by atoms with Crippen LogP contribution in [0.2, 0.25) is 0 Å². The standard InChI is InChI=1S/C22H30N2O3/c1-17(26)24-12-9-18(10-13-24)4-2-6-22(27)20-8-7-19-5-3-11-23(16-25)15-21(19)14-20/h7-8,14,16,18H,2-6,9-13,15H2,1H3. The smallest absolute Gasteiger partial charge is 0.219 e. The maximum absolute atomic E-state index is 12.6. The fraction of sp³-hybridized carbons (Fsp3) is 0.591. The SMILES string of the molecule is CC(=O)N1CCC(CCCC(=O)c2ccc3c(c2)CN(C=O)CCC3)CC1. The molecule has 0 spiro atoms. The van der Waals surface area contributed by atoms with Crippen molar-refractivity contribution in [1.29, 1.82) is 0 Å². The monoisotopic (exact) mass is 370 g/mol. The molecule has 1 aromatic carbocycles. The van der Waals surface area contributed by atoms with E-state index < -0.39 is 0 Å². The van der Waals surface area contributed by atoms with Gasteiger partial charge in [-0.3, -0.25) is 14.4 Å². The zero-order chi connectivity index (χ0) is 19.2. The average molecular weight is 370 g/mol. The second-order valence-electron chi connectivity index (χ2n) is 7.93. The third-order valence-corrected chi connectivity index (χ3v) is 6.02. The second-order valence-corrected chi connectivity index (χ2v) is 7.93. The molecule has 3 rings (SSSR count). The van der Waals surface area contributed by atoms with Crippen molar-refractivity contribution in [1.82, 2.24) is 9.80 Å². The molecule has 2 heterocycles. The Morgan fingerprint density at radius 3 is 2.63 bits per heavy atom. The van der Waals surface area contributed by atoms with Crippen LogP contribution in [-0.4, -0.2) is 47.5 Å². The van der Waals surface area contributed by atoms with E-state index in [4.69, 9.17) is 0 Å². The Kier molecular flexibility index (Phi) is 6.64. The van der Waals surface area contributed by atoms with Crippen LogP contribution < -0.4 is 0 Å². The summed E-state index contributed by atoms with van der Waals surface area (Å²) < 4.78 is 0. The lowest BCUT2D eigenvalue weighted by Crippen LogP contribution is -2.36. The third kappa shape index (κ3) is 5.18. The van der Waals surface area contributed by atoms with E-state index in [1.165, 1.54) is 5.56 Å². The van der Waals surface area contributed by atoms with Crippen LogP contribution in [0, 0.1) is 5.92 Å². The highest BCUT2D eigenvalue weighted by Gasteiger charge is 2.21. The van der Waals surface area contributed by atoms with Crippen LogP contribution in [0.3, 0.4) is 0 Å². The summed E-state index contributed by atoms with van der Waals surface area (Å²) in [7, 11) is 0. The van der Waals surface area contributed by atoms with Crippen molar-refractivity contribution in [2.24, 2.45) is 5.92 Å². The van der Waals surface area contributed by atoms with Crippen LogP contribution in [0.4, 0.5) is 0 Å². The predicted molar refractivity (Wildman–Crippen MR) is 104 cm³/mol. The van der Waals surface area contributed by atoms with Gasteiger partial charge in [-0.05, 0) is 61.6 Å². The fourth-order valence-corrected chi connectivity index (χ4v) is 4.28. The molecule has 0 radical (unpaired) electrons. The molecule has 1 saturated heterocycles. The van der Waals surface area contributed by atoms with Crippen molar-refractivity contribution in [3.8, 4) is 0 Å². The zero-order valence-electron chi connectivity index (χ0n) is 16.3. The Bertz CT molecular complexity index is 693. The summed E-state index contributed by atoms with van der Waals surface area (Å²) in [5.74, 6) is 0.988. The molecule has 27 heavy (non-hydrogen) atoms. The van der Waals surface area contributed by atoms with E-state index in [2.05, 4.69) is 6.07 Å². The van der Waals surface area contributed by atoms with Gasteiger partial charge >= 0.3 is 0 Å². The lowest BCUT2D eigenvalue weighted by molar-refractivity contribution is -0.130. The fourth-order valence-electron chi connectivity index (χ4n) is 4.28. The van der Waals surface area contributed by atoms with Crippen molar-refractivity contribution < 1.29 is 14.4 Å². The molecule has 5 nitrogen and oxygen atoms in total. The van der Waals surface area contributed by atoms with E-state index in [1.54, 1.807) is 11.8 Å². The Labute approximate surface area is 161 Å². The molecule has 2 aliphatic rings. The van der Waals surface area contributed by atoms with Gasteiger partial charge in [0.05, 0.1) is 0 Å². The number of Topliss-reactive ketones (excluding diaryl/α,β-unsaturated/α-hetero) is 1. The van der Waals surface area contributed by atoms with Crippen molar-refractivity contribution in [3.05, 3.63) is 34.9 Å². The maximum Gasteiger partial charge on any atom is 0.219 e. The van der Waals surface area contributed by atoms with E-state index in [9.17, 15) is 14.4 Å². The van der Waals surface area contributed by atoms with E-state index in [0.29, 0.717) is 18.9 Å². The first-order chi connectivity index (χ1) is 13.1. The first-order valence-electron chi connectivity index (χ1n) is 10.2. The van der Waals surface area contributed by atoms with Crippen LogP contribution in [0.25, 0.3) is 0 Å². The van der Waals surface area contributed by atoms with Crippen LogP contribution in [0.1, 0.15) is 66.9 Å². The molecule has 5 heteroatoms. The number of hydrogen-bond acceptors (Lipinski definition) is 3. The zero-order valence-corrected chi connectivity index (χ0v) is 16.3. The number of hydrogen-bond donors (Lipinski definition) is 0. The molecule has 2 aliphatic heterocycles. The quantitative estimate of drug-likeness (QED) is 0.571. The van der Waals surface area contributed by atoms with Crippen LogP contribution in [0.5, 0.6) is 0 Å². The summed E-state index contributed by atoms with van der Waals surface area (Å²) in [6.07, 6.45) is 7.48. The van der Waals surface area contributed by atoms with Gasteiger partial charge in [0.15, 0.2) is 5.78 Å². The molecule has 1 fully saturated rings. The Hall–Kier alpha value is -2.17. The molecule has 0 bridgehead atoms. The summed E-state index contributed by atoms with van der Waals surface area (Å²) >= 11 is 0. The van der Waals surface area contributed by atoms with Gasteiger partial charge in [-0.2, -0.15) is 0 Å². The number of likely N-dealkylation sites (tertiary alicyclic amines) is 1. The average Bonchev–Trinajstić information content (AvgIpc) is 2.89. The molecule has 0 N–H and O–H groups in total. The van der Waals surface area contributed by atoms with Crippen LogP contribution in [0.15, 0.2) is 18.2 Å². The minimum atomic E-state index is 0.167. The van der Waals surface area contributed by atoms with Crippen molar-refractivity contribution in [2.45, 2.75) is 58.4 Å². The van der Waals surface area contributed by atoms with Crippen molar-refractivity contribution in [2.75, 3.05) is 19.6 Å². The van der Waals surface area contributed by atoms with Crippen molar-refractivity contribution >= 4 is 18.1 Å². The Morgan fingerprint density at radius 1 is 1.15 bits per heavy atom. The number of carbonyl (C=O) groups excluding carboxylic acids is 3. The number of amides is 2. The molecule has 146 valence electrons. The van der Waals surface area contributed by atoms with Crippen molar-refractivity contribution in [3.63, 3.8) is 0 Å². The maximum atomic E-state index is 12.6. The number of nitrogens with zero attached hydrogens (tertiary/aromatic N) is 2. The number of benzene rings is 1. The van der Waals surface area contributed by atoms with Gasteiger partial charge in [0.25, 0.3) is 0 Å². The Balaban J connectivity index is 1.49. The summed E-state index contributed by atoms with van der Waals surface area (Å²) in [5, 5.41) is 0. The van der Waals surface area contributed by atoms with E-state index in [1.807, 2.05) is 17.0 Å². The minimum Gasteiger partial charge on any atom is -0.343 e. The van der Waals surface area contributed by atoms with Crippen LogP contribution in [-0.2, 0) is 22.6 Å². The highest BCUT2D eigenvalue weighted by molar-refractivity contribution is 5.96. The molecular formula is C22H30N2O3. The van der Waals surface area contributed by atoms with Gasteiger partial charge in [0.1, 0.15) is 0 Å². The van der Waals surface area contributed by atoms with Gasteiger partial charge < -0.3 is 9.80 Å².